The first-order valence-corrected chi connectivity index (χ1v) is 9.34. The number of rotatable bonds is 3. The fraction of sp³-hybridized carbons (Fsp3) is 0.318. The van der Waals surface area contributed by atoms with E-state index < -0.39 is 0 Å². The Balaban J connectivity index is 1.39. The number of nitrogens with zero attached hydrogens (tertiary/aromatic N) is 2. The fourth-order valence-corrected chi connectivity index (χ4v) is 4.12. The molecule has 1 saturated heterocycles. The van der Waals surface area contributed by atoms with Crippen molar-refractivity contribution in [2.24, 2.45) is 0 Å². The number of ether oxygens (including phenoxy) is 2. The molecule has 1 aromatic heterocycles. The van der Waals surface area contributed by atoms with Crippen LogP contribution in [0.4, 0.5) is 0 Å². The monoisotopic (exact) mass is 346 g/mol. The summed E-state index contributed by atoms with van der Waals surface area (Å²) in [4.78, 5) is 6.99. The van der Waals surface area contributed by atoms with E-state index in [-0.39, 0.29) is 0 Å². The van der Waals surface area contributed by atoms with Gasteiger partial charge in [-0.25, -0.2) is 0 Å². The van der Waals surface area contributed by atoms with Gasteiger partial charge in [-0.05, 0) is 60.8 Å². The van der Waals surface area contributed by atoms with E-state index in [1.165, 1.54) is 29.4 Å². The molecule has 3 aromatic rings. The molecule has 26 heavy (non-hydrogen) atoms. The van der Waals surface area contributed by atoms with Crippen molar-refractivity contribution in [3.63, 3.8) is 0 Å². The zero-order valence-electron chi connectivity index (χ0n) is 14.7. The average Bonchev–Trinajstić information content (AvgIpc) is 3.15. The molecule has 0 unspecified atom stereocenters. The average molecular weight is 346 g/mol. The Labute approximate surface area is 153 Å². The number of hydrogen-bond donors (Lipinski definition) is 0. The highest BCUT2D eigenvalue weighted by Crippen LogP contribution is 2.38. The van der Waals surface area contributed by atoms with E-state index in [2.05, 4.69) is 52.3 Å². The number of pyridine rings is 1. The second-order valence-electron chi connectivity index (χ2n) is 7.06. The minimum absolute atomic E-state index is 0.440. The van der Waals surface area contributed by atoms with E-state index in [0.29, 0.717) is 19.3 Å². The molecular formula is C22H22N2O2. The predicted molar refractivity (Wildman–Crippen MR) is 102 cm³/mol. The van der Waals surface area contributed by atoms with Crippen LogP contribution in [-0.4, -0.2) is 29.6 Å². The molecular weight excluding hydrogens is 324 g/mol. The van der Waals surface area contributed by atoms with Gasteiger partial charge in [0, 0.05) is 24.2 Å². The number of benzene rings is 2. The normalized spacial score (nSPS) is 19.8. The Morgan fingerprint density at radius 2 is 1.92 bits per heavy atom. The molecule has 2 aliphatic heterocycles. The molecule has 132 valence electrons. The highest BCUT2D eigenvalue weighted by molar-refractivity contribution is 5.78. The topological polar surface area (TPSA) is 34.6 Å². The van der Waals surface area contributed by atoms with Crippen LogP contribution < -0.4 is 9.47 Å². The minimum Gasteiger partial charge on any atom is -0.486 e. The fourth-order valence-electron chi connectivity index (χ4n) is 4.12. The van der Waals surface area contributed by atoms with Crippen LogP contribution in [0.1, 0.15) is 30.0 Å². The van der Waals surface area contributed by atoms with Crippen molar-refractivity contribution in [3.8, 4) is 11.5 Å². The zero-order valence-corrected chi connectivity index (χ0v) is 14.7. The Morgan fingerprint density at radius 3 is 2.88 bits per heavy atom. The lowest BCUT2D eigenvalue weighted by Crippen LogP contribution is -2.23. The van der Waals surface area contributed by atoms with Crippen LogP contribution >= 0.6 is 0 Å². The summed E-state index contributed by atoms with van der Waals surface area (Å²) < 4.78 is 11.4. The molecule has 0 bridgehead atoms. The van der Waals surface area contributed by atoms with Crippen molar-refractivity contribution < 1.29 is 9.47 Å². The van der Waals surface area contributed by atoms with Gasteiger partial charge in [-0.2, -0.15) is 0 Å². The highest BCUT2D eigenvalue weighted by Gasteiger charge is 2.27. The van der Waals surface area contributed by atoms with Crippen LogP contribution in [0, 0.1) is 0 Å². The lowest BCUT2D eigenvalue weighted by molar-refractivity contribution is 0.170. The second kappa shape index (κ2) is 6.61. The maximum absolute atomic E-state index is 5.77. The van der Waals surface area contributed by atoms with E-state index in [1.807, 2.05) is 12.3 Å². The second-order valence-corrected chi connectivity index (χ2v) is 7.06. The standard InChI is InChI=1S/C22H22N2O2/c1-3-17-13-16(5-7-19(17)23-9-1)15-24-10-2-4-20(24)18-6-8-21-22(14-18)26-12-11-25-21/h1,3,5-9,13-14,20H,2,4,10-12,15H2/t20-/m0/s1. The molecule has 0 aliphatic carbocycles. The van der Waals surface area contributed by atoms with Gasteiger partial charge in [0.2, 0.25) is 0 Å². The number of fused-ring (bicyclic) bond motifs is 2. The first kappa shape index (κ1) is 15.6. The van der Waals surface area contributed by atoms with Crippen LogP contribution in [0.15, 0.2) is 54.7 Å². The Morgan fingerprint density at radius 1 is 1.00 bits per heavy atom. The van der Waals surface area contributed by atoms with Crippen LogP contribution in [0.25, 0.3) is 10.9 Å². The van der Waals surface area contributed by atoms with E-state index >= 15 is 0 Å². The summed E-state index contributed by atoms with van der Waals surface area (Å²) >= 11 is 0. The van der Waals surface area contributed by atoms with Gasteiger partial charge in [0.25, 0.3) is 0 Å². The molecule has 4 heteroatoms. The molecule has 2 aromatic carbocycles. The van der Waals surface area contributed by atoms with Crippen LogP contribution in [-0.2, 0) is 6.54 Å². The van der Waals surface area contributed by atoms with Crippen LogP contribution in [0.2, 0.25) is 0 Å². The molecule has 4 nitrogen and oxygen atoms in total. The molecule has 0 spiro atoms. The number of hydrogen-bond acceptors (Lipinski definition) is 4. The van der Waals surface area contributed by atoms with Crippen molar-refractivity contribution in [3.05, 3.63) is 65.9 Å². The molecule has 0 N–H and O–H groups in total. The first-order valence-electron chi connectivity index (χ1n) is 9.34. The maximum Gasteiger partial charge on any atom is 0.161 e. The molecule has 0 radical (unpaired) electrons. The largest absolute Gasteiger partial charge is 0.486 e. The van der Waals surface area contributed by atoms with Gasteiger partial charge in [-0.15, -0.1) is 0 Å². The number of likely N-dealkylation sites (tertiary alicyclic amines) is 1. The smallest absolute Gasteiger partial charge is 0.161 e. The molecule has 2 aliphatic rings. The lowest BCUT2D eigenvalue weighted by Gasteiger charge is -2.26. The Kier molecular flexibility index (Phi) is 3.98. The third-order valence-corrected chi connectivity index (χ3v) is 5.37. The predicted octanol–water partition coefficient (Wildman–Crippen LogP) is 4.34. The van der Waals surface area contributed by atoms with Crippen LogP contribution in [0.5, 0.6) is 11.5 Å². The van der Waals surface area contributed by atoms with Crippen molar-refractivity contribution in [2.75, 3.05) is 19.8 Å². The Bertz CT molecular complexity index is 940. The molecule has 5 rings (SSSR count). The third kappa shape index (κ3) is 2.90. The molecule has 0 amide bonds. The molecule has 1 fully saturated rings. The lowest BCUT2D eigenvalue weighted by atomic mass is 10.0. The van der Waals surface area contributed by atoms with E-state index in [0.717, 1.165) is 30.1 Å². The van der Waals surface area contributed by atoms with Crippen molar-refractivity contribution >= 4 is 10.9 Å². The third-order valence-electron chi connectivity index (χ3n) is 5.37. The Hall–Kier alpha value is -2.59. The highest BCUT2D eigenvalue weighted by atomic mass is 16.6. The van der Waals surface area contributed by atoms with E-state index in [4.69, 9.17) is 9.47 Å². The summed E-state index contributed by atoms with van der Waals surface area (Å²) in [6, 6.07) is 17.6. The summed E-state index contributed by atoms with van der Waals surface area (Å²) in [5, 5.41) is 1.21. The SMILES string of the molecule is c1cnc2ccc(CN3CCC[C@H]3c3ccc4c(c3)OCCO4)cc2c1. The summed E-state index contributed by atoms with van der Waals surface area (Å²) in [5.74, 6) is 1.75. The van der Waals surface area contributed by atoms with Gasteiger partial charge in [0.05, 0.1) is 5.52 Å². The van der Waals surface area contributed by atoms with Gasteiger partial charge in [-0.3, -0.25) is 9.88 Å². The number of aromatic nitrogens is 1. The maximum atomic E-state index is 5.77. The summed E-state index contributed by atoms with van der Waals surface area (Å²) in [6.45, 7) is 3.36. The van der Waals surface area contributed by atoms with Gasteiger partial charge in [0.15, 0.2) is 11.5 Å². The van der Waals surface area contributed by atoms with Gasteiger partial charge < -0.3 is 9.47 Å². The first-order chi connectivity index (χ1) is 12.9. The van der Waals surface area contributed by atoms with E-state index in [1.54, 1.807) is 0 Å². The van der Waals surface area contributed by atoms with Gasteiger partial charge >= 0.3 is 0 Å². The minimum atomic E-state index is 0.440. The quantitative estimate of drug-likeness (QED) is 0.706. The summed E-state index contributed by atoms with van der Waals surface area (Å²) in [5.41, 5.74) is 3.73. The van der Waals surface area contributed by atoms with Crippen LogP contribution in [0.3, 0.4) is 0 Å². The molecule has 1 atom stereocenters. The van der Waals surface area contributed by atoms with Crippen molar-refractivity contribution in [2.45, 2.75) is 25.4 Å². The van der Waals surface area contributed by atoms with Gasteiger partial charge in [0.1, 0.15) is 13.2 Å². The molecule has 0 saturated carbocycles. The van der Waals surface area contributed by atoms with Crippen molar-refractivity contribution in [1.29, 1.82) is 0 Å². The summed E-state index contributed by atoms with van der Waals surface area (Å²) in [7, 11) is 0. The molecule has 3 heterocycles. The van der Waals surface area contributed by atoms with Crippen molar-refractivity contribution in [1.82, 2.24) is 9.88 Å². The van der Waals surface area contributed by atoms with E-state index in [9.17, 15) is 0 Å². The summed E-state index contributed by atoms with van der Waals surface area (Å²) in [6.07, 6.45) is 4.27. The zero-order chi connectivity index (χ0) is 17.3. The van der Waals surface area contributed by atoms with Gasteiger partial charge in [-0.1, -0.05) is 18.2 Å².